The summed E-state index contributed by atoms with van der Waals surface area (Å²) < 4.78 is 4.94. The van der Waals surface area contributed by atoms with E-state index in [0.717, 1.165) is 11.3 Å². The highest BCUT2D eigenvalue weighted by molar-refractivity contribution is 7.14. The van der Waals surface area contributed by atoms with Gasteiger partial charge in [0, 0.05) is 11.4 Å². The molecule has 2 amide bonds. The Labute approximate surface area is 135 Å². The van der Waals surface area contributed by atoms with Gasteiger partial charge in [-0.15, -0.1) is 11.3 Å². The molecule has 0 aromatic carbocycles. The van der Waals surface area contributed by atoms with Crippen molar-refractivity contribution >= 4 is 40.2 Å². The summed E-state index contributed by atoms with van der Waals surface area (Å²) in [5.41, 5.74) is 0.708. The van der Waals surface area contributed by atoms with Crippen LogP contribution in [0.4, 0.5) is 10.8 Å². The van der Waals surface area contributed by atoms with Crippen LogP contribution in [0.1, 0.15) is 5.69 Å². The van der Waals surface area contributed by atoms with Gasteiger partial charge in [-0.05, 0) is 6.07 Å². The molecular weight excluding hydrogens is 322 g/mol. The summed E-state index contributed by atoms with van der Waals surface area (Å²) in [7, 11) is 2.82. The summed E-state index contributed by atoms with van der Waals surface area (Å²) in [6, 6.07) is 3.24. The van der Waals surface area contributed by atoms with Crippen LogP contribution in [0.25, 0.3) is 0 Å². The van der Waals surface area contributed by atoms with Crippen LogP contribution < -0.4 is 15.4 Å². The second-order valence-corrected chi connectivity index (χ2v) is 4.82. The fraction of sp³-hybridized carbons (Fsp3) is 0.154. The number of pyridine rings is 1. The first-order valence-electron chi connectivity index (χ1n) is 6.26. The Morgan fingerprint density at radius 3 is 2.83 bits per heavy atom. The topological polar surface area (TPSA) is 115 Å². The predicted molar refractivity (Wildman–Crippen MR) is 84.8 cm³/mol. The van der Waals surface area contributed by atoms with Gasteiger partial charge in [-0.2, -0.15) is 0 Å². The number of oxime groups is 1. The number of carbonyl (C=O) groups is 2. The molecule has 23 heavy (non-hydrogen) atoms. The fourth-order valence-corrected chi connectivity index (χ4v) is 2.22. The van der Waals surface area contributed by atoms with Crippen molar-refractivity contribution in [2.75, 3.05) is 24.9 Å². The zero-order chi connectivity index (χ0) is 16.7. The second-order valence-electron chi connectivity index (χ2n) is 3.97. The number of ether oxygens (including phenoxy) is 1. The molecule has 0 unspecified atom stereocenters. The molecule has 2 N–H and O–H groups in total. The van der Waals surface area contributed by atoms with Gasteiger partial charge in [-0.1, -0.05) is 5.16 Å². The molecule has 9 nitrogen and oxygen atoms in total. The molecule has 0 saturated heterocycles. The van der Waals surface area contributed by atoms with Crippen molar-refractivity contribution < 1.29 is 19.2 Å². The van der Waals surface area contributed by atoms with Crippen LogP contribution in [-0.2, 0) is 14.4 Å². The monoisotopic (exact) mass is 335 g/mol. The van der Waals surface area contributed by atoms with E-state index in [0.29, 0.717) is 23.1 Å². The number of methoxy groups -OCH3 is 1. The molecule has 120 valence electrons. The normalized spacial score (nSPS) is 10.8. The maximum absolute atomic E-state index is 12.3. The molecule has 2 heterocycles. The molecule has 0 radical (unpaired) electrons. The first-order valence-corrected chi connectivity index (χ1v) is 7.14. The Bertz CT molecular complexity index is 713. The number of nitrogens with zero attached hydrogens (tertiary/aromatic N) is 3. The van der Waals surface area contributed by atoms with Gasteiger partial charge < -0.3 is 20.2 Å². The lowest BCUT2D eigenvalue weighted by Crippen LogP contribution is -2.24. The third-order valence-corrected chi connectivity index (χ3v) is 3.30. The molecule has 2 aromatic rings. The lowest BCUT2D eigenvalue weighted by molar-refractivity contribution is -0.110. The van der Waals surface area contributed by atoms with E-state index in [9.17, 15) is 9.59 Å². The minimum Gasteiger partial charge on any atom is -0.481 e. The maximum Gasteiger partial charge on any atom is 0.280 e. The molecule has 0 spiro atoms. The third kappa shape index (κ3) is 4.23. The standard InChI is InChI=1S/C13H13N5O4S/c1-21-10-4-3-8(5-14-10)16-12(20)11(18-22-2)9-6-23-13(17-9)15-7-19/h3-7H,1-2H3,(H,16,20)(H,15,17,19)/b18-11+. The highest BCUT2D eigenvalue weighted by Gasteiger charge is 2.19. The minimum atomic E-state index is -0.526. The van der Waals surface area contributed by atoms with E-state index in [1.807, 2.05) is 0 Å². The molecular formula is C13H13N5O4S. The molecule has 0 saturated carbocycles. The van der Waals surface area contributed by atoms with E-state index >= 15 is 0 Å². The van der Waals surface area contributed by atoms with E-state index in [1.165, 1.54) is 20.4 Å². The number of hydrogen-bond donors (Lipinski definition) is 2. The average molecular weight is 335 g/mol. The van der Waals surface area contributed by atoms with E-state index < -0.39 is 5.91 Å². The minimum absolute atomic E-state index is 0.0292. The number of carbonyl (C=O) groups excluding carboxylic acids is 2. The lowest BCUT2D eigenvalue weighted by atomic mass is 10.2. The van der Waals surface area contributed by atoms with E-state index in [2.05, 4.69) is 30.6 Å². The Morgan fingerprint density at radius 2 is 2.22 bits per heavy atom. The molecule has 0 aliphatic heterocycles. The molecule has 0 atom stereocenters. The molecule has 0 bridgehead atoms. The van der Waals surface area contributed by atoms with Crippen LogP contribution in [0.3, 0.4) is 0 Å². The van der Waals surface area contributed by atoms with Gasteiger partial charge in [0.15, 0.2) is 10.8 Å². The summed E-state index contributed by atoms with van der Waals surface area (Å²) in [6.07, 6.45) is 1.94. The second kappa shape index (κ2) is 7.84. The number of nitrogens with one attached hydrogen (secondary N) is 2. The van der Waals surface area contributed by atoms with E-state index in [-0.39, 0.29) is 11.4 Å². The van der Waals surface area contributed by atoms with Gasteiger partial charge in [-0.25, -0.2) is 9.97 Å². The van der Waals surface area contributed by atoms with Crippen LogP contribution in [0.2, 0.25) is 0 Å². The number of amides is 2. The van der Waals surface area contributed by atoms with Gasteiger partial charge >= 0.3 is 0 Å². The van der Waals surface area contributed by atoms with Crippen molar-refractivity contribution in [2.24, 2.45) is 5.16 Å². The summed E-state index contributed by atoms with van der Waals surface area (Å²) in [5.74, 6) is -0.0976. The van der Waals surface area contributed by atoms with Crippen molar-refractivity contribution in [3.8, 4) is 5.88 Å². The summed E-state index contributed by atoms with van der Waals surface area (Å²) in [6.45, 7) is 0. The first kappa shape index (κ1) is 16.4. The Kier molecular flexibility index (Phi) is 5.58. The zero-order valence-corrected chi connectivity index (χ0v) is 13.1. The highest BCUT2D eigenvalue weighted by atomic mass is 32.1. The van der Waals surface area contributed by atoms with Crippen molar-refractivity contribution in [3.63, 3.8) is 0 Å². The van der Waals surface area contributed by atoms with Crippen molar-refractivity contribution in [1.82, 2.24) is 9.97 Å². The quantitative estimate of drug-likeness (QED) is 0.445. The van der Waals surface area contributed by atoms with Crippen LogP contribution in [0, 0.1) is 0 Å². The molecule has 2 aromatic heterocycles. The number of thiazole rings is 1. The largest absolute Gasteiger partial charge is 0.481 e. The summed E-state index contributed by atoms with van der Waals surface area (Å²) >= 11 is 1.16. The molecule has 0 aliphatic carbocycles. The highest BCUT2D eigenvalue weighted by Crippen LogP contribution is 2.17. The predicted octanol–water partition coefficient (Wildman–Crippen LogP) is 1.10. The summed E-state index contributed by atoms with van der Waals surface area (Å²) in [5, 5.41) is 10.6. The van der Waals surface area contributed by atoms with Crippen molar-refractivity contribution in [1.29, 1.82) is 0 Å². The Hall–Kier alpha value is -3.01. The number of aromatic nitrogens is 2. The lowest BCUT2D eigenvalue weighted by Gasteiger charge is -2.06. The van der Waals surface area contributed by atoms with E-state index in [1.54, 1.807) is 17.5 Å². The van der Waals surface area contributed by atoms with Crippen LogP contribution in [-0.4, -0.2) is 42.2 Å². The van der Waals surface area contributed by atoms with Gasteiger partial charge in [0.1, 0.15) is 12.8 Å². The average Bonchev–Trinajstić information content (AvgIpc) is 3.02. The van der Waals surface area contributed by atoms with Crippen LogP contribution in [0.15, 0.2) is 28.9 Å². The van der Waals surface area contributed by atoms with Gasteiger partial charge in [0.2, 0.25) is 12.3 Å². The SMILES string of the molecule is CO/N=C(/C(=O)Nc1ccc(OC)nc1)c1csc(NC=O)n1. The molecule has 2 rings (SSSR count). The molecule has 10 heteroatoms. The summed E-state index contributed by atoms with van der Waals surface area (Å²) in [4.78, 5) is 35.5. The first-order chi connectivity index (χ1) is 11.2. The third-order valence-electron chi connectivity index (χ3n) is 2.53. The fourth-order valence-electron chi connectivity index (χ4n) is 1.56. The molecule has 0 fully saturated rings. The smallest absolute Gasteiger partial charge is 0.280 e. The maximum atomic E-state index is 12.3. The van der Waals surface area contributed by atoms with E-state index in [4.69, 9.17) is 4.74 Å². The number of hydrogen-bond acceptors (Lipinski definition) is 8. The Morgan fingerprint density at radius 1 is 1.39 bits per heavy atom. The number of anilines is 2. The van der Waals surface area contributed by atoms with Gasteiger partial charge in [0.05, 0.1) is 19.0 Å². The van der Waals surface area contributed by atoms with Crippen molar-refractivity contribution in [2.45, 2.75) is 0 Å². The van der Waals surface area contributed by atoms with Gasteiger partial charge in [-0.3, -0.25) is 9.59 Å². The molecule has 0 aliphatic rings. The number of rotatable bonds is 7. The van der Waals surface area contributed by atoms with Crippen LogP contribution in [0.5, 0.6) is 5.88 Å². The zero-order valence-electron chi connectivity index (χ0n) is 12.3. The van der Waals surface area contributed by atoms with Gasteiger partial charge in [0.25, 0.3) is 5.91 Å². The van der Waals surface area contributed by atoms with Crippen molar-refractivity contribution in [3.05, 3.63) is 29.4 Å². The Balaban J connectivity index is 2.17. The van der Waals surface area contributed by atoms with Crippen LogP contribution >= 0.6 is 11.3 Å².